The average Bonchev–Trinajstić information content (AvgIpc) is 2.55. The van der Waals surface area contributed by atoms with E-state index in [1.165, 1.54) is 12.1 Å². The third kappa shape index (κ3) is 5.22. The smallest absolute Gasteiger partial charge is 0.228 e. The van der Waals surface area contributed by atoms with Crippen molar-refractivity contribution >= 4 is 28.0 Å². The summed E-state index contributed by atoms with van der Waals surface area (Å²) in [7, 11) is 1.93. The Morgan fingerprint density at radius 2 is 1.92 bits per heavy atom. The lowest BCUT2D eigenvalue weighted by Gasteiger charge is -2.16. The van der Waals surface area contributed by atoms with Crippen LogP contribution in [-0.2, 0) is 0 Å². The third-order valence-electron chi connectivity index (χ3n) is 3.64. The Hall–Kier alpha value is -2.02. The highest BCUT2D eigenvalue weighted by atomic mass is 79.9. The van der Waals surface area contributed by atoms with Gasteiger partial charge in [0, 0.05) is 19.7 Å². The van der Waals surface area contributed by atoms with Crippen molar-refractivity contribution in [3.63, 3.8) is 0 Å². The van der Waals surface area contributed by atoms with Gasteiger partial charge in [-0.3, -0.25) is 0 Å². The van der Waals surface area contributed by atoms with Crippen LogP contribution in [0.4, 0.5) is 14.5 Å². The van der Waals surface area contributed by atoms with Crippen molar-refractivity contribution < 1.29 is 13.5 Å². The van der Waals surface area contributed by atoms with E-state index in [0.29, 0.717) is 27.3 Å². The molecule has 1 heterocycles. The van der Waals surface area contributed by atoms with Crippen LogP contribution < -0.4 is 4.74 Å². The third-order valence-corrected chi connectivity index (χ3v) is 4.21. The second kappa shape index (κ2) is 8.38. The van der Waals surface area contributed by atoms with E-state index in [-0.39, 0.29) is 0 Å². The lowest BCUT2D eigenvalue weighted by atomic mass is 10.1. The zero-order valence-electron chi connectivity index (χ0n) is 14.6. The van der Waals surface area contributed by atoms with Gasteiger partial charge in [0.1, 0.15) is 17.7 Å². The minimum Gasteiger partial charge on any atom is -0.469 e. The van der Waals surface area contributed by atoms with Crippen molar-refractivity contribution in [1.29, 1.82) is 0 Å². The van der Waals surface area contributed by atoms with Gasteiger partial charge in [0.2, 0.25) is 5.88 Å². The molecule has 0 saturated heterocycles. The van der Waals surface area contributed by atoms with E-state index in [0.717, 1.165) is 12.6 Å². The van der Waals surface area contributed by atoms with Crippen molar-refractivity contribution in [2.45, 2.75) is 26.9 Å². The first-order valence-corrected chi connectivity index (χ1v) is 8.63. The molecule has 0 radical (unpaired) electrons. The molecule has 134 valence electrons. The number of benzene rings is 1. The predicted molar refractivity (Wildman–Crippen MR) is 98.5 cm³/mol. The first kappa shape index (κ1) is 19.3. The number of rotatable bonds is 6. The normalized spacial score (nSPS) is 12.4. The van der Waals surface area contributed by atoms with E-state index < -0.39 is 17.7 Å². The monoisotopic (exact) mass is 411 g/mol. The van der Waals surface area contributed by atoms with Crippen molar-refractivity contribution in [1.82, 2.24) is 9.88 Å². The van der Waals surface area contributed by atoms with E-state index in [4.69, 9.17) is 4.74 Å². The fraction of sp³-hybridized carbons (Fsp3) is 0.333. The van der Waals surface area contributed by atoms with Gasteiger partial charge in [0.15, 0.2) is 0 Å². The molecule has 0 aliphatic heterocycles. The summed E-state index contributed by atoms with van der Waals surface area (Å²) in [5, 5.41) is 0. The molecule has 0 amide bonds. The molecule has 0 N–H and O–H groups in total. The van der Waals surface area contributed by atoms with Crippen molar-refractivity contribution in [2.75, 3.05) is 13.6 Å². The van der Waals surface area contributed by atoms with Gasteiger partial charge in [-0.15, -0.1) is 0 Å². The maximum Gasteiger partial charge on any atom is 0.228 e. The second-order valence-electron chi connectivity index (χ2n) is 5.66. The van der Waals surface area contributed by atoms with Gasteiger partial charge >= 0.3 is 0 Å². The maximum absolute atomic E-state index is 13.4. The Morgan fingerprint density at radius 1 is 1.28 bits per heavy atom. The van der Waals surface area contributed by atoms with Crippen molar-refractivity contribution in [3.8, 4) is 5.88 Å². The van der Waals surface area contributed by atoms with Crippen molar-refractivity contribution in [3.05, 3.63) is 51.6 Å². The van der Waals surface area contributed by atoms with E-state index in [1.54, 1.807) is 19.3 Å². The molecule has 0 bridgehead atoms. The lowest BCUT2D eigenvalue weighted by Crippen LogP contribution is -2.14. The number of nitrogens with zero attached hydrogens (tertiary/aromatic N) is 3. The summed E-state index contributed by atoms with van der Waals surface area (Å²) >= 11 is 3.41. The highest BCUT2D eigenvalue weighted by molar-refractivity contribution is 9.10. The summed E-state index contributed by atoms with van der Waals surface area (Å²) < 4.78 is 33.1. The summed E-state index contributed by atoms with van der Waals surface area (Å²) in [4.78, 5) is 10.7. The number of aromatic nitrogens is 1. The Kier molecular flexibility index (Phi) is 6.47. The number of pyridine rings is 1. The van der Waals surface area contributed by atoms with E-state index in [9.17, 15) is 8.78 Å². The quantitative estimate of drug-likeness (QED) is 0.485. The highest BCUT2D eigenvalue weighted by Gasteiger charge is 2.15. The molecule has 25 heavy (non-hydrogen) atoms. The van der Waals surface area contributed by atoms with Crippen LogP contribution in [0.15, 0.2) is 33.7 Å². The van der Waals surface area contributed by atoms with E-state index >= 15 is 0 Å². The second-order valence-corrected chi connectivity index (χ2v) is 6.51. The van der Waals surface area contributed by atoms with Crippen LogP contribution in [0.5, 0.6) is 5.88 Å². The molecule has 1 aromatic carbocycles. The van der Waals surface area contributed by atoms with E-state index in [2.05, 4.69) is 25.9 Å². The first-order chi connectivity index (χ1) is 11.8. The van der Waals surface area contributed by atoms with Gasteiger partial charge in [0.05, 0.1) is 22.2 Å². The summed E-state index contributed by atoms with van der Waals surface area (Å²) in [5.41, 5.74) is 1.80. The summed E-state index contributed by atoms with van der Waals surface area (Å²) in [6.45, 7) is 6.41. The molecule has 0 saturated carbocycles. The minimum absolute atomic E-state index is 0.345. The molecule has 2 aromatic rings. The van der Waals surface area contributed by atoms with Crippen molar-refractivity contribution in [2.24, 2.45) is 4.99 Å². The van der Waals surface area contributed by atoms with Gasteiger partial charge in [-0.05, 0) is 60.5 Å². The molecule has 1 aromatic heterocycles. The van der Waals surface area contributed by atoms with Crippen LogP contribution in [0.2, 0.25) is 0 Å². The van der Waals surface area contributed by atoms with Crippen LogP contribution in [-0.4, -0.2) is 29.8 Å². The molecule has 0 spiro atoms. The molecular weight excluding hydrogens is 392 g/mol. The van der Waals surface area contributed by atoms with Crippen LogP contribution in [0.3, 0.4) is 0 Å². The predicted octanol–water partition coefficient (Wildman–Crippen LogP) is 5.18. The summed E-state index contributed by atoms with van der Waals surface area (Å²) in [6, 6.07) is 5.12. The number of ether oxygens (including phenoxy) is 1. The largest absolute Gasteiger partial charge is 0.469 e. The van der Waals surface area contributed by atoms with Crippen LogP contribution in [0.25, 0.3) is 0 Å². The van der Waals surface area contributed by atoms with Crippen LogP contribution in [0, 0.1) is 18.6 Å². The fourth-order valence-corrected chi connectivity index (χ4v) is 2.45. The number of hydrogen-bond acceptors (Lipinski definition) is 3. The standard InChI is InChI=1S/C18H20BrF2N3O/c1-5-24(4)10-22-17-9-16(19)18(23-11(17)2)25-12(3)13-6-14(20)8-15(21)7-13/h6-10,12H,5H2,1-4H3/b22-10-/t12-/m1/s1. The lowest BCUT2D eigenvalue weighted by molar-refractivity contribution is 0.214. The molecule has 2 rings (SSSR count). The zero-order valence-corrected chi connectivity index (χ0v) is 16.1. The molecule has 0 aliphatic carbocycles. The summed E-state index contributed by atoms with van der Waals surface area (Å²) in [5.74, 6) is -0.936. The Labute approximate surface area is 154 Å². The topological polar surface area (TPSA) is 37.7 Å². The Bertz CT molecular complexity index is 763. The molecule has 1 atom stereocenters. The molecule has 0 fully saturated rings. The number of aliphatic imine (C=N–C) groups is 1. The number of halogens is 3. The van der Waals surface area contributed by atoms with Gasteiger partial charge < -0.3 is 9.64 Å². The van der Waals surface area contributed by atoms with E-state index in [1.807, 2.05) is 25.8 Å². The van der Waals surface area contributed by atoms with Crippen LogP contribution in [0.1, 0.15) is 31.2 Å². The number of hydrogen-bond donors (Lipinski definition) is 0. The van der Waals surface area contributed by atoms with Gasteiger partial charge in [0.25, 0.3) is 0 Å². The van der Waals surface area contributed by atoms with Gasteiger partial charge in [-0.25, -0.2) is 18.8 Å². The van der Waals surface area contributed by atoms with Crippen LogP contribution >= 0.6 is 15.9 Å². The summed E-state index contributed by atoms with van der Waals surface area (Å²) in [6.07, 6.45) is 1.17. The fourth-order valence-electron chi connectivity index (χ4n) is 2.05. The Morgan fingerprint density at radius 3 is 2.52 bits per heavy atom. The SMILES string of the molecule is CCN(C)/C=N\c1cc(Br)c(O[C@H](C)c2cc(F)cc(F)c2)nc1C. The Balaban J connectivity index is 2.22. The first-order valence-electron chi connectivity index (χ1n) is 7.84. The molecule has 0 aliphatic rings. The number of aryl methyl sites for hydroxylation is 1. The molecular formula is C18H20BrF2N3O. The molecule has 7 heteroatoms. The molecule has 4 nitrogen and oxygen atoms in total. The average molecular weight is 412 g/mol. The zero-order chi connectivity index (χ0) is 18.6. The molecule has 0 unspecified atom stereocenters. The van der Waals surface area contributed by atoms with Gasteiger partial charge in [-0.2, -0.15) is 0 Å². The van der Waals surface area contributed by atoms with Gasteiger partial charge in [-0.1, -0.05) is 0 Å². The maximum atomic E-state index is 13.4. The highest BCUT2D eigenvalue weighted by Crippen LogP contribution is 2.32. The minimum atomic E-state index is -0.640.